The molecule has 0 atom stereocenters. The summed E-state index contributed by atoms with van der Waals surface area (Å²) in [7, 11) is 0. The van der Waals surface area contributed by atoms with Crippen molar-refractivity contribution in [3.05, 3.63) is 79.8 Å². The van der Waals surface area contributed by atoms with E-state index in [0.29, 0.717) is 21.8 Å². The van der Waals surface area contributed by atoms with Gasteiger partial charge in [-0.1, -0.05) is 12.1 Å². The van der Waals surface area contributed by atoms with E-state index in [-0.39, 0.29) is 16.9 Å². The van der Waals surface area contributed by atoms with Crippen molar-refractivity contribution in [2.75, 3.05) is 0 Å². The highest BCUT2D eigenvalue weighted by Gasteiger charge is 2.16. The van der Waals surface area contributed by atoms with Gasteiger partial charge in [-0.15, -0.1) is 0 Å². The summed E-state index contributed by atoms with van der Waals surface area (Å²) in [6.07, 6.45) is 1.32. The molecule has 1 heterocycles. The predicted molar refractivity (Wildman–Crippen MR) is 108 cm³/mol. The Morgan fingerprint density at radius 2 is 2.07 bits per heavy atom. The third-order valence-corrected chi connectivity index (χ3v) is 4.60. The van der Waals surface area contributed by atoms with Crippen LogP contribution < -0.4 is 5.56 Å². The minimum atomic E-state index is -0.566. The Labute approximate surface area is 164 Å². The van der Waals surface area contributed by atoms with Gasteiger partial charge >= 0.3 is 0 Å². The second kappa shape index (κ2) is 7.94. The van der Waals surface area contributed by atoms with Crippen molar-refractivity contribution in [2.24, 2.45) is 4.99 Å². The molecule has 0 aliphatic carbocycles. The number of nitrogens with one attached hydrogen (secondary N) is 1. The number of aromatic amines is 1. The van der Waals surface area contributed by atoms with Gasteiger partial charge in [0.2, 0.25) is 0 Å². The fourth-order valence-electron chi connectivity index (χ4n) is 2.67. The lowest BCUT2D eigenvalue weighted by molar-refractivity contribution is -0.384. The van der Waals surface area contributed by atoms with Crippen molar-refractivity contribution in [2.45, 2.75) is 18.7 Å². The summed E-state index contributed by atoms with van der Waals surface area (Å²) in [5.41, 5.74) is 2.18. The Kier molecular flexibility index (Phi) is 5.42. The maximum atomic E-state index is 12.7. The summed E-state index contributed by atoms with van der Waals surface area (Å²) in [5.74, 6) is 0. The summed E-state index contributed by atoms with van der Waals surface area (Å²) < 4.78 is 1.41. The Morgan fingerprint density at radius 3 is 2.75 bits per heavy atom. The van der Waals surface area contributed by atoms with Crippen LogP contribution in [0, 0.1) is 34.6 Å². The maximum absolute atomic E-state index is 12.7. The van der Waals surface area contributed by atoms with E-state index in [4.69, 9.17) is 5.26 Å². The Bertz CT molecular complexity index is 1190. The molecule has 3 aromatic rings. The van der Waals surface area contributed by atoms with Crippen LogP contribution in [0.2, 0.25) is 0 Å². The molecule has 3 rings (SSSR count). The van der Waals surface area contributed by atoms with E-state index in [1.165, 1.54) is 23.0 Å². The van der Waals surface area contributed by atoms with Gasteiger partial charge in [-0.25, -0.2) is 9.67 Å². The number of nitrogens with zero attached hydrogens (tertiary/aromatic N) is 4. The lowest BCUT2D eigenvalue weighted by atomic mass is 10.2. The van der Waals surface area contributed by atoms with Crippen LogP contribution in [0.4, 0.5) is 11.4 Å². The van der Waals surface area contributed by atoms with Crippen molar-refractivity contribution >= 4 is 29.4 Å². The number of H-pyrrole nitrogens is 1. The van der Waals surface area contributed by atoms with E-state index >= 15 is 0 Å². The quantitative estimate of drug-likeness (QED) is 0.231. The molecule has 28 heavy (non-hydrogen) atoms. The molecule has 0 saturated carbocycles. The third-order valence-electron chi connectivity index (χ3n) is 4.02. The van der Waals surface area contributed by atoms with Gasteiger partial charge in [-0.3, -0.25) is 20.0 Å². The van der Waals surface area contributed by atoms with Gasteiger partial charge in [0.1, 0.15) is 11.1 Å². The Balaban J connectivity index is 2.01. The molecule has 2 aromatic carbocycles. The average Bonchev–Trinajstić information content (AvgIpc) is 2.95. The van der Waals surface area contributed by atoms with Crippen molar-refractivity contribution in [3.63, 3.8) is 0 Å². The zero-order chi connectivity index (χ0) is 20.3. The van der Waals surface area contributed by atoms with Crippen LogP contribution >= 0.6 is 11.8 Å². The first-order valence-electron chi connectivity index (χ1n) is 8.18. The number of rotatable bonds is 5. The zero-order valence-corrected chi connectivity index (χ0v) is 15.9. The highest BCUT2D eigenvalue weighted by Crippen LogP contribution is 2.31. The fourth-order valence-corrected chi connectivity index (χ4v) is 3.08. The van der Waals surface area contributed by atoms with Crippen LogP contribution in [-0.4, -0.2) is 20.9 Å². The number of thiocyanates is 1. The second-order valence-corrected chi connectivity index (χ2v) is 6.85. The fraction of sp³-hybridized carbons (Fsp3) is 0.105. The molecule has 9 heteroatoms. The molecule has 0 fully saturated rings. The van der Waals surface area contributed by atoms with Crippen molar-refractivity contribution in [3.8, 4) is 11.1 Å². The first kappa shape index (κ1) is 19.1. The summed E-state index contributed by atoms with van der Waals surface area (Å²) in [6.45, 7) is 3.66. The number of nitro benzene ring substituents is 1. The summed E-state index contributed by atoms with van der Waals surface area (Å²) in [6, 6.07) is 11.8. The number of nitro groups is 1. The smallest absolute Gasteiger partial charge is 0.295 e. The lowest BCUT2D eigenvalue weighted by Crippen LogP contribution is -2.17. The van der Waals surface area contributed by atoms with E-state index in [9.17, 15) is 14.9 Å². The van der Waals surface area contributed by atoms with Crippen molar-refractivity contribution < 1.29 is 4.92 Å². The molecule has 8 nitrogen and oxygen atoms in total. The van der Waals surface area contributed by atoms with Gasteiger partial charge in [0.05, 0.1) is 16.2 Å². The molecule has 0 spiro atoms. The molecule has 0 saturated heterocycles. The monoisotopic (exact) mass is 393 g/mol. The van der Waals surface area contributed by atoms with Gasteiger partial charge in [-0.05, 0) is 55.4 Å². The third kappa shape index (κ3) is 3.87. The summed E-state index contributed by atoms with van der Waals surface area (Å²) in [5, 5.41) is 24.9. The molecule has 1 N–H and O–H groups in total. The molecule has 0 amide bonds. The van der Waals surface area contributed by atoms with E-state index in [0.717, 1.165) is 17.3 Å². The van der Waals surface area contributed by atoms with Crippen LogP contribution in [0.3, 0.4) is 0 Å². The van der Waals surface area contributed by atoms with E-state index in [1.807, 2.05) is 36.6 Å². The second-order valence-electron chi connectivity index (χ2n) is 5.99. The number of nitriles is 1. The maximum Gasteiger partial charge on any atom is 0.295 e. The van der Waals surface area contributed by atoms with Crippen LogP contribution in [0.25, 0.3) is 5.69 Å². The SMILES string of the molecule is Cc1cccc(-n2[nH]c(C)c(C=Nc3ccc(SC#N)cc3[N+](=O)[O-])c2=O)c1. The Hall–Kier alpha value is -3.64. The number of hydrogen-bond acceptors (Lipinski definition) is 6. The number of thioether (sulfide) groups is 1. The van der Waals surface area contributed by atoms with E-state index < -0.39 is 4.92 Å². The molecule has 0 aliphatic rings. The van der Waals surface area contributed by atoms with Crippen LogP contribution in [0.15, 0.2) is 57.1 Å². The van der Waals surface area contributed by atoms with Crippen LogP contribution in [0.1, 0.15) is 16.8 Å². The molecule has 0 aliphatic heterocycles. The topological polar surface area (TPSA) is 117 Å². The Morgan fingerprint density at radius 1 is 1.29 bits per heavy atom. The first-order chi connectivity index (χ1) is 13.4. The van der Waals surface area contributed by atoms with E-state index in [1.54, 1.807) is 13.0 Å². The molecular formula is C19H15N5O3S. The summed E-state index contributed by atoms with van der Waals surface area (Å²) in [4.78, 5) is 28.1. The number of aromatic nitrogens is 2. The number of aryl methyl sites for hydroxylation is 2. The van der Waals surface area contributed by atoms with Gasteiger partial charge in [0, 0.05) is 22.9 Å². The lowest BCUT2D eigenvalue weighted by Gasteiger charge is -2.02. The zero-order valence-electron chi connectivity index (χ0n) is 15.0. The first-order valence-corrected chi connectivity index (χ1v) is 8.99. The molecule has 140 valence electrons. The number of hydrogen-bond donors (Lipinski definition) is 1. The minimum Gasteiger partial charge on any atom is -0.295 e. The molecular weight excluding hydrogens is 378 g/mol. The number of benzene rings is 2. The van der Waals surface area contributed by atoms with Crippen LogP contribution in [0.5, 0.6) is 0 Å². The largest absolute Gasteiger partial charge is 0.295 e. The predicted octanol–water partition coefficient (Wildman–Crippen LogP) is 4.01. The van der Waals surface area contributed by atoms with E-state index in [2.05, 4.69) is 10.1 Å². The van der Waals surface area contributed by atoms with Crippen molar-refractivity contribution in [1.82, 2.24) is 9.78 Å². The molecule has 0 unspecified atom stereocenters. The normalized spacial score (nSPS) is 10.9. The van der Waals surface area contributed by atoms with Gasteiger partial charge in [0.25, 0.3) is 11.2 Å². The molecule has 0 radical (unpaired) electrons. The van der Waals surface area contributed by atoms with Crippen molar-refractivity contribution in [1.29, 1.82) is 5.26 Å². The van der Waals surface area contributed by atoms with Gasteiger partial charge < -0.3 is 0 Å². The molecule has 0 bridgehead atoms. The average molecular weight is 393 g/mol. The van der Waals surface area contributed by atoms with Gasteiger partial charge in [-0.2, -0.15) is 5.26 Å². The van der Waals surface area contributed by atoms with Crippen LogP contribution in [-0.2, 0) is 0 Å². The highest BCUT2D eigenvalue weighted by atomic mass is 32.2. The van der Waals surface area contributed by atoms with Gasteiger partial charge in [0.15, 0.2) is 0 Å². The summed E-state index contributed by atoms with van der Waals surface area (Å²) >= 11 is 0.828. The minimum absolute atomic E-state index is 0.106. The molecule has 1 aromatic heterocycles. The standard InChI is InChI=1S/C19H15N5O3S/c1-12-4-3-5-14(8-12)23-19(25)16(13(2)22-23)10-21-17-7-6-15(28-11-20)9-18(17)24(26)27/h3-10,22H,1-2H3. The number of aliphatic imine (C=N–C) groups is 1. The highest BCUT2D eigenvalue weighted by molar-refractivity contribution is 8.03.